The molecule has 0 bridgehead atoms. The maximum atomic E-state index is 10.3. The lowest BCUT2D eigenvalue weighted by Crippen LogP contribution is -2.17. The van der Waals surface area contributed by atoms with E-state index in [1.54, 1.807) is 6.08 Å². The van der Waals surface area contributed by atoms with E-state index in [4.69, 9.17) is 17.5 Å². The monoisotopic (exact) mass is 388 g/mol. The average Bonchev–Trinajstić information content (AvgIpc) is 3.25. The van der Waals surface area contributed by atoms with E-state index in [-0.39, 0.29) is 12.5 Å². The van der Waals surface area contributed by atoms with Gasteiger partial charge in [0.15, 0.2) is 3.95 Å². The van der Waals surface area contributed by atoms with Crippen molar-refractivity contribution in [3.63, 3.8) is 0 Å². The van der Waals surface area contributed by atoms with Gasteiger partial charge in [0.2, 0.25) is 5.88 Å². The summed E-state index contributed by atoms with van der Waals surface area (Å²) in [6.07, 6.45) is 6.05. The predicted octanol–water partition coefficient (Wildman–Crippen LogP) is 4.87. The standard InChI is InChI=1S/C19H20N2O3S2/c1-14(13-24-23)21-18(22)17(26-19(21)25)6-4-5-15-7-9-16(10-8-15)20-11-2-3-12-20/h5-10,22-23H,1-3,11-13H2. The third kappa shape index (κ3) is 4.15. The molecule has 1 fully saturated rings. The molecule has 0 radical (unpaired) electrons. The van der Waals surface area contributed by atoms with Crippen molar-refractivity contribution in [2.45, 2.75) is 12.8 Å². The number of nitrogens with zero attached hydrogens (tertiary/aromatic N) is 2. The van der Waals surface area contributed by atoms with Crippen LogP contribution in [0.4, 0.5) is 5.69 Å². The molecule has 0 atom stereocenters. The van der Waals surface area contributed by atoms with Crippen molar-refractivity contribution in [1.29, 1.82) is 0 Å². The number of aromatic hydroxyl groups is 1. The average molecular weight is 389 g/mol. The van der Waals surface area contributed by atoms with Crippen LogP contribution >= 0.6 is 23.6 Å². The van der Waals surface area contributed by atoms with Gasteiger partial charge in [0.05, 0.1) is 4.88 Å². The van der Waals surface area contributed by atoms with Gasteiger partial charge < -0.3 is 10.0 Å². The van der Waals surface area contributed by atoms with E-state index < -0.39 is 0 Å². The summed E-state index contributed by atoms with van der Waals surface area (Å²) in [4.78, 5) is 7.01. The first-order valence-electron chi connectivity index (χ1n) is 8.27. The number of rotatable bonds is 6. The predicted molar refractivity (Wildman–Crippen MR) is 109 cm³/mol. The van der Waals surface area contributed by atoms with E-state index in [0.29, 0.717) is 14.5 Å². The number of aromatic nitrogens is 1. The van der Waals surface area contributed by atoms with Crippen molar-refractivity contribution in [3.05, 3.63) is 51.0 Å². The lowest BCUT2D eigenvalue weighted by atomic mass is 10.2. The molecule has 1 aromatic carbocycles. The Kier molecular flexibility index (Phi) is 6.08. The highest BCUT2D eigenvalue weighted by Gasteiger charge is 2.13. The van der Waals surface area contributed by atoms with E-state index in [1.807, 2.05) is 6.08 Å². The van der Waals surface area contributed by atoms with Crippen LogP contribution in [0.1, 0.15) is 23.3 Å². The Balaban J connectivity index is 1.76. The fourth-order valence-electron chi connectivity index (χ4n) is 2.86. The second-order valence-electron chi connectivity index (χ2n) is 5.97. The van der Waals surface area contributed by atoms with Gasteiger partial charge in [-0.3, -0.25) is 9.82 Å². The zero-order chi connectivity index (χ0) is 18.5. The third-order valence-electron chi connectivity index (χ3n) is 4.19. The first-order valence-corrected chi connectivity index (χ1v) is 9.49. The number of anilines is 1. The maximum absolute atomic E-state index is 10.3. The van der Waals surface area contributed by atoms with Gasteiger partial charge in [-0.25, -0.2) is 4.89 Å². The van der Waals surface area contributed by atoms with Crippen molar-refractivity contribution in [2.75, 3.05) is 24.6 Å². The summed E-state index contributed by atoms with van der Waals surface area (Å²) in [5, 5.41) is 18.8. The molecule has 0 spiro atoms. The number of thiazole rings is 1. The van der Waals surface area contributed by atoms with Gasteiger partial charge in [-0.05, 0) is 48.8 Å². The Morgan fingerprint density at radius 3 is 2.62 bits per heavy atom. The number of hydrogen-bond donors (Lipinski definition) is 2. The fraction of sp³-hybridized carbons (Fsp3) is 0.263. The van der Waals surface area contributed by atoms with E-state index in [2.05, 4.69) is 46.4 Å². The molecule has 1 saturated heterocycles. The molecule has 0 aliphatic carbocycles. The summed E-state index contributed by atoms with van der Waals surface area (Å²) >= 11 is 6.46. The molecular weight excluding hydrogens is 368 g/mol. The van der Waals surface area contributed by atoms with Crippen molar-refractivity contribution < 1.29 is 15.3 Å². The fourth-order valence-corrected chi connectivity index (χ4v) is 4.15. The quantitative estimate of drug-likeness (QED) is 0.320. The second-order valence-corrected chi connectivity index (χ2v) is 7.65. The van der Waals surface area contributed by atoms with Crippen molar-refractivity contribution >= 4 is 47.1 Å². The molecule has 0 saturated carbocycles. The lowest BCUT2D eigenvalue weighted by molar-refractivity contribution is -0.230. The molecule has 2 aromatic rings. The van der Waals surface area contributed by atoms with Crippen molar-refractivity contribution in [2.24, 2.45) is 0 Å². The van der Waals surface area contributed by atoms with E-state index in [1.165, 1.54) is 34.4 Å². The Bertz CT molecular complexity index is 900. The molecule has 3 rings (SSSR count). The molecule has 0 amide bonds. The molecule has 7 heteroatoms. The van der Waals surface area contributed by atoms with Gasteiger partial charge >= 0.3 is 0 Å². The molecule has 1 aliphatic rings. The number of hydrogen-bond acceptors (Lipinski definition) is 6. The Labute approximate surface area is 161 Å². The SMILES string of the molecule is C=C(COO)n1c(O)c(C=C=Cc2ccc(N3CCCC3)cc2)sc1=S. The zero-order valence-electron chi connectivity index (χ0n) is 14.2. The minimum absolute atomic E-state index is 0.0349. The summed E-state index contributed by atoms with van der Waals surface area (Å²) in [7, 11) is 0. The maximum Gasteiger partial charge on any atom is 0.215 e. The van der Waals surface area contributed by atoms with Gasteiger partial charge in [0.1, 0.15) is 6.61 Å². The van der Waals surface area contributed by atoms with Crippen LogP contribution in [0.15, 0.2) is 36.6 Å². The van der Waals surface area contributed by atoms with Crippen LogP contribution in [-0.2, 0) is 4.89 Å². The highest BCUT2D eigenvalue weighted by atomic mass is 32.1. The summed E-state index contributed by atoms with van der Waals surface area (Å²) in [5.41, 5.74) is 5.71. The Morgan fingerprint density at radius 2 is 1.96 bits per heavy atom. The molecule has 136 valence electrons. The van der Waals surface area contributed by atoms with Crippen LogP contribution in [0.25, 0.3) is 17.8 Å². The number of benzene rings is 1. The molecule has 2 heterocycles. The zero-order valence-corrected chi connectivity index (χ0v) is 15.9. The van der Waals surface area contributed by atoms with Crippen LogP contribution < -0.4 is 4.90 Å². The Hall–Kier alpha value is -2.15. The van der Waals surface area contributed by atoms with Crippen LogP contribution in [0.2, 0.25) is 0 Å². The van der Waals surface area contributed by atoms with Crippen molar-refractivity contribution in [3.8, 4) is 5.88 Å². The first kappa shape index (κ1) is 18.6. The van der Waals surface area contributed by atoms with Gasteiger partial charge in [-0.15, -0.1) is 17.1 Å². The Morgan fingerprint density at radius 1 is 1.27 bits per heavy atom. The lowest BCUT2D eigenvalue weighted by Gasteiger charge is -2.17. The van der Waals surface area contributed by atoms with Crippen LogP contribution in [0.5, 0.6) is 5.88 Å². The molecule has 26 heavy (non-hydrogen) atoms. The largest absolute Gasteiger partial charge is 0.493 e. The van der Waals surface area contributed by atoms with Crippen LogP contribution in [0.3, 0.4) is 0 Å². The highest BCUT2D eigenvalue weighted by Crippen LogP contribution is 2.30. The van der Waals surface area contributed by atoms with Gasteiger partial charge in [0, 0.05) is 30.5 Å². The van der Waals surface area contributed by atoms with Gasteiger partial charge in [-0.1, -0.05) is 18.7 Å². The highest BCUT2D eigenvalue weighted by molar-refractivity contribution is 7.73. The van der Waals surface area contributed by atoms with Crippen molar-refractivity contribution in [1.82, 2.24) is 4.57 Å². The first-order chi connectivity index (χ1) is 12.6. The summed E-state index contributed by atoms with van der Waals surface area (Å²) in [6, 6.07) is 8.36. The van der Waals surface area contributed by atoms with Crippen LogP contribution in [0, 0.1) is 3.95 Å². The minimum Gasteiger partial charge on any atom is -0.493 e. The van der Waals surface area contributed by atoms with Gasteiger partial charge in [-0.2, -0.15) is 0 Å². The molecule has 1 aromatic heterocycles. The molecule has 5 nitrogen and oxygen atoms in total. The normalized spacial score (nSPS) is 13.5. The molecule has 0 unspecified atom stereocenters. The summed E-state index contributed by atoms with van der Waals surface area (Å²) in [6.45, 7) is 5.85. The summed E-state index contributed by atoms with van der Waals surface area (Å²) in [5.74, 6) is -0.0349. The molecule has 2 N–H and O–H groups in total. The molecule has 1 aliphatic heterocycles. The van der Waals surface area contributed by atoms with E-state index >= 15 is 0 Å². The van der Waals surface area contributed by atoms with E-state index in [0.717, 1.165) is 18.7 Å². The van der Waals surface area contributed by atoms with Crippen LogP contribution in [-0.4, -0.2) is 34.6 Å². The van der Waals surface area contributed by atoms with Gasteiger partial charge in [0.25, 0.3) is 0 Å². The minimum atomic E-state index is -0.138. The summed E-state index contributed by atoms with van der Waals surface area (Å²) < 4.78 is 1.79. The van der Waals surface area contributed by atoms with E-state index in [9.17, 15) is 5.11 Å². The smallest absolute Gasteiger partial charge is 0.215 e. The third-order valence-corrected chi connectivity index (χ3v) is 5.50. The second kappa shape index (κ2) is 8.49. The molecular formula is C19H20N2O3S2. The topological polar surface area (TPSA) is 57.9 Å².